The number of nitrogens with zero attached hydrogens (tertiary/aromatic N) is 5. The molecule has 0 atom stereocenters. The van der Waals surface area contributed by atoms with E-state index < -0.39 is 11.8 Å². The standard InChI is InChI=1S/C20H17BrFN5O3/c21-15-5-18-17(6-16(15)22)25-20(27(18)1-2-28)13-3-12(7-23-8-13)10-26-11-24-9-14(26)4-19(29)30/h3,5-9,11,28H,1-2,4,10H2,(H,29,30). The first-order valence-electron chi connectivity index (χ1n) is 9.07. The molecule has 0 spiro atoms. The Morgan fingerprint density at radius 3 is 2.77 bits per heavy atom. The molecule has 30 heavy (non-hydrogen) atoms. The second-order valence-corrected chi connectivity index (χ2v) is 7.59. The number of imidazole rings is 2. The molecule has 3 aromatic heterocycles. The van der Waals surface area contributed by atoms with Crippen LogP contribution in [-0.2, 0) is 24.3 Å². The molecule has 0 aliphatic heterocycles. The molecule has 0 aliphatic rings. The van der Waals surface area contributed by atoms with E-state index >= 15 is 0 Å². The number of aliphatic carboxylic acids is 1. The summed E-state index contributed by atoms with van der Waals surface area (Å²) in [5.41, 5.74) is 3.28. The molecule has 0 saturated carbocycles. The van der Waals surface area contributed by atoms with Gasteiger partial charge in [0, 0.05) is 42.5 Å². The SMILES string of the molecule is O=C(O)Cc1cncn1Cc1cncc(-c2nc3cc(F)c(Br)cc3n2CCO)c1. The van der Waals surface area contributed by atoms with Gasteiger partial charge >= 0.3 is 5.97 Å². The number of rotatable bonds is 7. The van der Waals surface area contributed by atoms with Gasteiger partial charge < -0.3 is 19.3 Å². The highest BCUT2D eigenvalue weighted by Gasteiger charge is 2.16. The van der Waals surface area contributed by atoms with Crippen LogP contribution in [0.1, 0.15) is 11.3 Å². The number of aromatic nitrogens is 5. The van der Waals surface area contributed by atoms with E-state index in [1.54, 1.807) is 29.4 Å². The number of benzene rings is 1. The van der Waals surface area contributed by atoms with Crippen LogP contribution >= 0.6 is 15.9 Å². The molecule has 0 aliphatic carbocycles. The van der Waals surface area contributed by atoms with Gasteiger partial charge in [-0.05, 0) is 33.6 Å². The van der Waals surface area contributed by atoms with Crippen molar-refractivity contribution in [1.82, 2.24) is 24.1 Å². The molecule has 10 heteroatoms. The van der Waals surface area contributed by atoms with Crippen molar-refractivity contribution in [1.29, 1.82) is 0 Å². The molecule has 3 heterocycles. The summed E-state index contributed by atoms with van der Waals surface area (Å²) in [5.74, 6) is -0.789. The van der Waals surface area contributed by atoms with Gasteiger partial charge in [0.2, 0.25) is 0 Å². The molecular weight excluding hydrogens is 457 g/mol. The first kappa shape index (κ1) is 20.2. The number of hydrogen-bond acceptors (Lipinski definition) is 5. The number of carboxylic acid groups (broad SMARTS) is 1. The van der Waals surface area contributed by atoms with Crippen LogP contribution in [0.25, 0.3) is 22.4 Å². The van der Waals surface area contributed by atoms with Gasteiger partial charge in [-0.3, -0.25) is 9.78 Å². The van der Waals surface area contributed by atoms with Gasteiger partial charge in [0.05, 0.1) is 41.4 Å². The van der Waals surface area contributed by atoms with E-state index in [0.29, 0.717) is 45.7 Å². The second kappa shape index (κ2) is 8.33. The van der Waals surface area contributed by atoms with Crippen molar-refractivity contribution in [3.63, 3.8) is 0 Å². The fourth-order valence-electron chi connectivity index (χ4n) is 3.35. The first-order chi connectivity index (χ1) is 14.5. The van der Waals surface area contributed by atoms with Gasteiger partial charge in [0.25, 0.3) is 0 Å². The highest BCUT2D eigenvalue weighted by molar-refractivity contribution is 9.10. The van der Waals surface area contributed by atoms with E-state index in [1.165, 1.54) is 12.3 Å². The normalized spacial score (nSPS) is 11.3. The molecule has 0 saturated heterocycles. The molecule has 1 aromatic carbocycles. The molecule has 2 N–H and O–H groups in total. The summed E-state index contributed by atoms with van der Waals surface area (Å²) >= 11 is 3.19. The zero-order valence-electron chi connectivity index (χ0n) is 15.7. The van der Waals surface area contributed by atoms with E-state index in [4.69, 9.17) is 5.11 Å². The number of aliphatic hydroxyl groups is 1. The molecule has 0 unspecified atom stereocenters. The summed E-state index contributed by atoms with van der Waals surface area (Å²) in [6.07, 6.45) is 6.31. The molecule has 0 radical (unpaired) electrons. The van der Waals surface area contributed by atoms with Crippen molar-refractivity contribution in [3.8, 4) is 11.4 Å². The highest BCUT2D eigenvalue weighted by atomic mass is 79.9. The van der Waals surface area contributed by atoms with Gasteiger partial charge in [0.15, 0.2) is 0 Å². The average molecular weight is 474 g/mol. The summed E-state index contributed by atoms with van der Waals surface area (Å²) in [4.78, 5) is 23.9. The smallest absolute Gasteiger partial charge is 0.309 e. The maximum absolute atomic E-state index is 14.0. The Labute approximate surface area is 178 Å². The molecule has 154 valence electrons. The quantitative estimate of drug-likeness (QED) is 0.427. The largest absolute Gasteiger partial charge is 0.481 e. The third-order valence-corrected chi connectivity index (χ3v) is 5.26. The highest BCUT2D eigenvalue weighted by Crippen LogP contribution is 2.29. The predicted octanol–water partition coefficient (Wildman–Crippen LogP) is 2.86. The Bertz CT molecular complexity index is 1240. The predicted molar refractivity (Wildman–Crippen MR) is 110 cm³/mol. The first-order valence-corrected chi connectivity index (χ1v) is 9.87. The minimum absolute atomic E-state index is 0.103. The van der Waals surface area contributed by atoms with Crippen LogP contribution in [0.5, 0.6) is 0 Å². The van der Waals surface area contributed by atoms with Crippen molar-refractivity contribution in [2.24, 2.45) is 0 Å². The lowest BCUT2D eigenvalue weighted by Gasteiger charge is -2.10. The molecular formula is C20H17BrFN5O3. The molecule has 0 fully saturated rings. The fraction of sp³-hybridized carbons (Fsp3) is 0.200. The van der Waals surface area contributed by atoms with Crippen LogP contribution in [0.4, 0.5) is 4.39 Å². The summed E-state index contributed by atoms with van der Waals surface area (Å²) in [6, 6.07) is 4.87. The van der Waals surface area contributed by atoms with Crippen molar-refractivity contribution < 1.29 is 19.4 Å². The van der Waals surface area contributed by atoms with Crippen LogP contribution in [0, 0.1) is 5.82 Å². The number of pyridine rings is 1. The maximum atomic E-state index is 14.0. The molecule has 0 amide bonds. The summed E-state index contributed by atoms with van der Waals surface area (Å²) < 4.78 is 17.9. The zero-order chi connectivity index (χ0) is 21.3. The van der Waals surface area contributed by atoms with Crippen LogP contribution in [0.15, 0.2) is 47.6 Å². The zero-order valence-corrected chi connectivity index (χ0v) is 17.3. The van der Waals surface area contributed by atoms with Crippen LogP contribution in [0.3, 0.4) is 0 Å². The van der Waals surface area contributed by atoms with Gasteiger partial charge in [0.1, 0.15) is 11.6 Å². The van der Waals surface area contributed by atoms with E-state index in [1.807, 2.05) is 10.6 Å². The minimum Gasteiger partial charge on any atom is -0.481 e. The van der Waals surface area contributed by atoms with E-state index in [0.717, 1.165) is 5.56 Å². The van der Waals surface area contributed by atoms with E-state index in [9.17, 15) is 14.3 Å². The maximum Gasteiger partial charge on any atom is 0.309 e. The van der Waals surface area contributed by atoms with Crippen molar-refractivity contribution in [2.75, 3.05) is 6.61 Å². The molecule has 4 aromatic rings. The number of fused-ring (bicyclic) bond motifs is 1. The van der Waals surface area contributed by atoms with Gasteiger partial charge in [-0.25, -0.2) is 14.4 Å². The van der Waals surface area contributed by atoms with Crippen LogP contribution in [-0.4, -0.2) is 46.9 Å². The Morgan fingerprint density at radius 1 is 1.17 bits per heavy atom. The third-order valence-electron chi connectivity index (χ3n) is 4.65. The number of carbonyl (C=O) groups is 1. The molecule has 4 rings (SSSR count). The molecule has 8 nitrogen and oxygen atoms in total. The lowest BCUT2D eigenvalue weighted by Crippen LogP contribution is -2.09. The van der Waals surface area contributed by atoms with Crippen molar-refractivity contribution in [2.45, 2.75) is 19.5 Å². The monoisotopic (exact) mass is 473 g/mol. The number of hydrogen-bond donors (Lipinski definition) is 2. The number of carboxylic acids is 1. The number of halogens is 2. The Balaban J connectivity index is 1.74. The van der Waals surface area contributed by atoms with Crippen molar-refractivity contribution >= 4 is 32.9 Å². The lowest BCUT2D eigenvalue weighted by molar-refractivity contribution is -0.136. The lowest BCUT2D eigenvalue weighted by atomic mass is 10.2. The van der Waals surface area contributed by atoms with Gasteiger partial charge in [-0.2, -0.15) is 0 Å². The second-order valence-electron chi connectivity index (χ2n) is 6.73. The Morgan fingerprint density at radius 2 is 2.00 bits per heavy atom. The third kappa shape index (κ3) is 3.96. The van der Waals surface area contributed by atoms with E-state index in [2.05, 4.69) is 30.9 Å². The summed E-state index contributed by atoms with van der Waals surface area (Å²) in [5, 5.41) is 18.6. The average Bonchev–Trinajstić information content (AvgIpc) is 3.27. The molecule has 0 bridgehead atoms. The number of aliphatic hydroxyl groups excluding tert-OH is 1. The fourth-order valence-corrected chi connectivity index (χ4v) is 3.68. The summed E-state index contributed by atoms with van der Waals surface area (Å²) in [7, 11) is 0. The van der Waals surface area contributed by atoms with E-state index in [-0.39, 0.29) is 13.0 Å². The summed E-state index contributed by atoms with van der Waals surface area (Å²) in [6.45, 7) is 0.580. The van der Waals surface area contributed by atoms with Gasteiger partial charge in [-0.15, -0.1) is 0 Å². The van der Waals surface area contributed by atoms with Gasteiger partial charge in [-0.1, -0.05) is 0 Å². The topological polar surface area (TPSA) is 106 Å². The van der Waals surface area contributed by atoms with Crippen molar-refractivity contribution in [3.05, 3.63) is 64.7 Å². The van der Waals surface area contributed by atoms with Crippen LogP contribution in [0.2, 0.25) is 0 Å². The minimum atomic E-state index is -0.931. The Hall–Kier alpha value is -3.11. The van der Waals surface area contributed by atoms with Crippen LogP contribution < -0.4 is 0 Å². The Kier molecular flexibility index (Phi) is 5.60.